The van der Waals surface area contributed by atoms with Gasteiger partial charge in [0.2, 0.25) is 0 Å². The van der Waals surface area contributed by atoms with Gasteiger partial charge in [0.15, 0.2) is 11.5 Å². The highest BCUT2D eigenvalue weighted by Gasteiger charge is 2.17. The molecule has 3 aromatic rings. The molecule has 0 fully saturated rings. The summed E-state index contributed by atoms with van der Waals surface area (Å²) in [6.45, 7) is 0.299. The van der Waals surface area contributed by atoms with Crippen molar-refractivity contribution in [1.82, 2.24) is 0 Å². The number of halogens is 3. The Bertz CT molecular complexity index is 1350. The number of nitrogens with one attached hydrogen (secondary N) is 1. The van der Waals surface area contributed by atoms with Gasteiger partial charge in [-0.25, -0.2) is 0 Å². The van der Waals surface area contributed by atoms with Gasteiger partial charge in [-0.05, 0) is 63.5 Å². The van der Waals surface area contributed by atoms with Crippen molar-refractivity contribution in [3.63, 3.8) is 0 Å². The number of amides is 1. The third-order valence-corrected chi connectivity index (χ3v) is 6.08. The lowest BCUT2D eigenvalue weighted by atomic mass is 10.1. The van der Waals surface area contributed by atoms with Gasteiger partial charge in [-0.1, -0.05) is 39.7 Å². The van der Waals surface area contributed by atoms with E-state index in [1.807, 2.05) is 30.3 Å². The lowest BCUT2D eigenvalue weighted by Gasteiger charge is -2.14. The number of nitrogens with zero attached hydrogens (tertiary/aromatic N) is 2. The molecule has 0 saturated heterocycles. The minimum absolute atomic E-state index is 0.0162. The summed E-state index contributed by atoms with van der Waals surface area (Å²) in [5.74, 6) is 0.0709. The molecule has 35 heavy (non-hydrogen) atoms. The quantitative estimate of drug-likeness (QED) is 0.127. The first-order chi connectivity index (χ1) is 16.7. The molecule has 0 unspecified atom stereocenters. The van der Waals surface area contributed by atoms with Crippen molar-refractivity contribution in [3.05, 3.63) is 95.4 Å². The Hall–Kier alpha value is -3.39. The molecule has 0 spiro atoms. The van der Waals surface area contributed by atoms with E-state index in [-0.39, 0.29) is 22.0 Å². The van der Waals surface area contributed by atoms with Crippen molar-refractivity contribution in [2.75, 3.05) is 12.4 Å². The fraction of sp³-hybridized carbons (Fsp3) is 0.0833. The smallest absolute Gasteiger partial charge is 0.271 e. The van der Waals surface area contributed by atoms with Gasteiger partial charge >= 0.3 is 0 Å². The lowest BCUT2D eigenvalue weighted by molar-refractivity contribution is -0.384. The van der Waals surface area contributed by atoms with Gasteiger partial charge in [-0.3, -0.25) is 14.9 Å². The average molecular weight is 622 g/mol. The van der Waals surface area contributed by atoms with E-state index in [1.54, 1.807) is 12.1 Å². The van der Waals surface area contributed by atoms with Crippen LogP contribution in [0.2, 0.25) is 5.02 Å². The Morgan fingerprint density at radius 1 is 1.20 bits per heavy atom. The van der Waals surface area contributed by atoms with Gasteiger partial charge in [-0.2, -0.15) is 5.26 Å². The Morgan fingerprint density at radius 2 is 1.91 bits per heavy atom. The maximum absolute atomic E-state index is 12.7. The zero-order valence-electron chi connectivity index (χ0n) is 18.1. The average Bonchev–Trinajstić information content (AvgIpc) is 2.83. The van der Waals surface area contributed by atoms with Gasteiger partial charge in [0.25, 0.3) is 11.6 Å². The third-order valence-electron chi connectivity index (χ3n) is 4.63. The molecule has 0 atom stereocenters. The fourth-order valence-electron chi connectivity index (χ4n) is 2.93. The summed E-state index contributed by atoms with van der Waals surface area (Å²) in [6.07, 6.45) is 1.35. The second-order valence-electron chi connectivity index (χ2n) is 6.99. The molecule has 0 radical (unpaired) electrons. The van der Waals surface area contributed by atoms with E-state index in [4.69, 9.17) is 21.1 Å². The fourth-order valence-corrected chi connectivity index (χ4v) is 3.93. The van der Waals surface area contributed by atoms with Crippen molar-refractivity contribution >= 4 is 66.8 Å². The second-order valence-corrected chi connectivity index (χ2v) is 9.17. The SMILES string of the molecule is COc1cc(/C=C(\C#N)C(=O)Nc2cc([N+](=O)[O-])ccc2Cl)cc(Br)c1OCc1ccc(Br)cc1. The van der Waals surface area contributed by atoms with Crippen LogP contribution in [-0.2, 0) is 11.4 Å². The first-order valence-electron chi connectivity index (χ1n) is 9.83. The van der Waals surface area contributed by atoms with Crippen LogP contribution in [0.5, 0.6) is 11.5 Å². The number of hydrogen-bond donors (Lipinski definition) is 1. The Morgan fingerprint density at radius 3 is 2.54 bits per heavy atom. The van der Waals surface area contributed by atoms with Gasteiger partial charge in [0.1, 0.15) is 18.2 Å². The van der Waals surface area contributed by atoms with Crippen molar-refractivity contribution in [3.8, 4) is 17.6 Å². The summed E-state index contributed by atoms with van der Waals surface area (Å²) < 4.78 is 12.9. The molecular weight excluding hydrogens is 606 g/mol. The third kappa shape index (κ3) is 6.82. The summed E-state index contributed by atoms with van der Waals surface area (Å²) in [5.41, 5.74) is 0.961. The van der Waals surface area contributed by atoms with E-state index < -0.39 is 10.8 Å². The van der Waals surface area contributed by atoms with Crippen molar-refractivity contribution < 1.29 is 19.2 Å². The topological polar surface area (TPSA) is 114 Å². The van der Waals surface area contributed by atoms with Crippen LogP contribution in [0.15, 0.2) is 69.1 Å². The number of anilines is 1. The number of methoxy groups -OCH3 is 1. The molecule has 0 heterocycles. The van der Waals surface area contributed by atoms with E-state index in [0.29, 0.717) is 28.1 Å². The minimum Gasteiger partial charge on any atom is -0.493 e. The maximum atomic E-state index is 12.7. The van der Waals surface area contributed by atoms with Crippen LogP contribution < -0.4 is 14.8 Å². The highest BCUT2D eigenvalue weighted by molar-refractivity contribution is 9.10. The van der Waals surface area contributed by atoms with Crippen molar-refractivity contribution in [1.29, 1.82) is 5.26 Å². The van der Waals surface area contributed by atoms with Crippen LogP contribution in [0.3, 0.4) is 0 Å². The first-order valence-corrected chi connectivity index (χ1v) is 11.8. The molecule has 11 heteroatoms. The number of hydrogen-bond acceptors (Lipinski definition) is 6. The zero-order valence-corrected chi connectivity index (χ0v) is 22.0. The number of nitro benzene ring substituents is 1. The highest BCUT2D eigenvalue weighted by Crippen LogP contribution is 2.38. The lowest BCUT2D eigenvalue weighted by Crippen LogP contribution is -2.14. The summed E-state index contributed by atoms with van der Waals surface area (Å²) in [7, 11) is 1.48. The van der Waals surface area contributed by atoms with Crippen LogP contribution >= 0.6 is 43.5 Å². The Labute approximate surface area is 222 Å². The van der Waals surface area contributed by atoms with E-state index in [2.05, 4.69) is 37.2 Å². The number of ether oxygens (including phenoxy) is 2. The first kappa shape index (κ1) is 26.2. The normalized spacial score (nSPS) is 10.9. The summed E-state index contributed by atoms with van der Waals surface area (Å²) in [6, 6.07) is 16.4. The predicted octanol–water partition coefficient (Wildman–Crippen LogP) is 6.91. The van der Waals surface area contributed by atoms with Gasteiger partial charge < -0.3 is 14.8 Å². The summed E-state index contributed by atoms with van der Waals surface area (Å²) in [5, 5.41) is 23.1. The number of benzene rings is 3. The van der Waals surface area contributed by atoms with Crippen LogP contribution in [0.1, 0.15) is 11.1 Å². The number of carbonyl (C=O) groups is 1. The molecule has 0 aliphatic rings. The largest absolute Gasteiger partial charge is 0.493 e. The second kappa shape index (κ2) is 11.8. The van der Waals surface area contributed by atoms with Gasteiger partial charge in [0, 0.05) is 16.6 Å². The molecule has 0 aliphatic carbocycles. The minimum atomic E-state index is -0.777. The van der Waals surface area contributed by atoms with Crippen LogP contribution in [0.25, 0.3) is 6.08 Å². The van der Waals surface area contributed by atoms with Crippen molar-refractivity contribution in [2.24, 2.45) is 0 Å². The summed E-state index contributed by atoms with van der Waals surface area (Å²) >= 11 is 12.9. The molecule has 178 valence electrons. The van der Waals surface area contributed by atoms with E-state index in [1.165, 1.54) is 25.3 Å². The molecule has 1 N–H and O–H groups in total. The van der Waals surface area contributed by atoms with Crippen molar-refractivity contribution in [2.45, 2.75) is 6.61 Å². The molecule has 0 aromatic heterocycles. The highest BCUT2D eigenvalue weighted by atomic mass is 79.9. The number of rotatable bonds is 8. The van der Waals surface area contributed by atoms with Gasteiger partial charge in [-0.15, -0.1) is 0 Å². The number of carbonyl (C=O) groups excluding carboxylic acids is 1. The monoisotopic (exact) mass is 619 g/mol. The van der Waals surface area contributed by atoms with Crippen LogP contribution in [0, 0.1) is 21.4 Å². The molecular formula is C24H16Br2ClN3O5. The maximum Gasteiger partial charge on any atom is 0.271 e. The molecule has 0 aliphatic heterocycles. The van der Waals surface area contributed by atoms with E-state index >= 15 is 0 Å². The number of non-ortho nitro benzene ring substituents is 1. The Kier molecular flexibility index (Phi) is 8.87. The van der Waals surface area contributed by atoms with E-state index in [9.17, 15) is 20.2 Å². The van der Waals surface area contributed by atoms with E-state index in [0.717, 1.165) is 16.1 Å². The van der Waals surface area contributed by atoms with Crippen LogP contribution in [0.4, 0.5) is 11.4 Å². The Balaban J connectivity index is 1.84. The molecule has 0 saturated carbocycles. The molecule has 8 nitrogen and oxygen atoms in total. The van der Waals surface area contributed by atoms with Crippen LogP contribution in [-0.4, -0.2) is 17.9 Å². The predicted molar refractivity (Wildman–Crippen MR) is 139 cm³/mol. The molecule has 3 aromatic carbocycles. The standard InChI is InChI=1S/C24H16Br2ClN3O5/c1-34-22-10-15(9-19(26)23(22)35-13-14-2-4-17(25)5-3-14)8-16(12-28)24(31)29-21-11-18(30(32)33)6-7-20(21)27/h2-11H,13H2,1H3,(H,29,31)/b16-8+. The number of nitro groups is 1. The molecule has 0 bridgehead atoms. The molecule has 1 amide bonds. The van der Waals surface area contributed by atoms with Gasteiger partial charge in [0.05, 0.1) is 27.2 Å². The number of nitriles is 1. The summed E-state index contributed by atoms with van der Waals surface area (Å²) in [4.78, 5) is 23.1. The molecule has 3 rings (SSSR count). The zero-order chi connectivity index (χ0) is 25.5.